The lowest BCUT2D eigenvalue weighted by molar-refractivity contribution is 0.102. The van der Waals surface area contributed by atoms with Gasteiger partial charge in [0.25, 0.3) is 5.91 Å². The zero-order valence-electron chi connectivity index (χ0n) is 16.5. The van der Waals surface area contributed by atoms with Gasteiger partial charge >= 0.3 is 0 Å². The molecule has 3 heterocycles. The molecule has 0 aliphatic rings. The third-order valence-electron chi connectivity index (χ3n) is 4.28. The molecule has 3 aromatic heterocycles. The number of carbonyl (C=O) groups excluding carboxylic acids is 1. The molecule has 152 valence electrons. The van der Waals surface area contributed by atoms with E-state index in [9.17, 15) is 4.79 Å². The lowest BCUT2D eigenvalue weighted by atomic mass is 9.95. The Kier molecular flexibility index (Phi) is 6.91. The molecule has 4 aromatic rings. The highest BCUT2D eigenvalue weighted by molar-refractivity contribution is 6.05. The van der Waals surface area contributed by atoms with Gasteiger partial charge in [-0.25, -0.2) is 0 Å². The highest BCUT2D eigenvalue weighted by Gasteiger charge is 2.14. The number of nitrogens with zero attached hydrogens (tertiary/aromatic N) is 2. The maximum Gasteiger partial charge on any atom is 0.255 e. The molecule has 4 rings (SSSR count). The summed E-state index contributed by atoms with van der Waals surface area (Å²) < 4.78 is 5.15. The number of aromatic nitrogens is 2. The average molecular weight is 401 g/mol. The number of hydrogen-bond acceptors (Lipinski definition) is 6. The third kappa shape index (κ3) is 5.52. The minimum atomic E-state index is -0.183. The second-order valence-electron chi connectivity index (χ2n) is 6.57. The molecule has 1 aromatic carbocycles. The number of rotatable bonds is 4. The van der Waals surface area contributed by atoms with E-state index in [0.29, 0.717) is 11.3 Å². The van der Waals surface area contributed by atoms with Crippen LogP contribution in [-0.2, 0) is 0 Å². The Hall–Kier alpha value is -3.97. The molecule has 5 N–H and O–H groups in total. The quantitative estimate of drug-likeness (QED) is 0.469. The topological polar surface area (TPSA) is 120 Å². The Morgan fingerprint density at radius 2 is 1.67 bits per heavy atom. The molecule has 1 unspecified atom stereocenters. The summed E-state index contributed by atoms with van der Waals surface area (Å²) in [6, 6.07) is 14.2. The predicted molar refractivity (Wildman–Crippen MR) is 118 cm³/mol. The van der Waals surface area contributed by atoms with Crippen molar-refractivity contribution in [2.24, 2.45) is 5.73 Å². The maximum atomic E-state index is 12.4. The molecular weight excluding hydrogens is 378 g/mol. The van der Waals surface area contributed by atoms with Crippen molar-refractivity contribution in [2.75, 3.05) is 11.1 Å². The van der Waals surface area contributed by atoms with E-state index in [0.717, 1.165) is 22.4 Å². The van der Waals surface area contributed by atoms with Gasteiger partial charge in [0, 0.05) is 53.3 Å². The Morgan fingerprint density at radius 1 is 1.00 bits per heavy atom. The number of carbonyl (C=O) groups is 1. The van der Waals surface area contributed by atoms with Crippen LogP contribution in [0.2, 0.25) is 0 Å². The molecule has 7 heteroatoms. The van der Waals surface area contributed by atoms with E-state index in [2.05, 4.69) is 15.3 Å². The van der Waals surface area contributed by atoms with Gasteiger partial charge in [-0.2, -0.15) is 0 Å². The first-order chi connectivity index (χ1) is 14.5. The van der Waals surface area contributed by atoms with Gasteiger partial charge in [-0.3, -0.25) is 14.8 Å². The smallest absolute Gasteiger partial charge is 0.255 e. The van der Waals surface area contributed by atoms with Crippen LogP contribution in [0.25, 0.3) is 11.1 Å². The summed E-state index contributed by atoms with van der Waals surface area (Å²) >= 11 is 0. The summed E-state index contributed by atoms with van der Waals surface area (Å²) in [6.07, 6.45) is 9.83. The van der Waals surface area contributed by atoms with E-state index in [1.165, 1.54) is 0 Å². The fourth-order valence-corrected chi connectivity index (χ4v) is 2.76. The van der Waals surface area contributed by atoms with Crippen LogP contribution in [0, 0.1) is 0 Å². The van der Waals surface area contributed by atoms with Crippen molar-refractivity contribution in [1.82, 2.24) is 9.97 Å². The van der Waals surface area contributed by atoms with Gasteiger partial charge in [-0.15, -0.1) is 0 Å². The summed E-state index contributed by atoms with van der Waals surface area (Å²) in [5.74, 6) is -0.183. The molecular formula is C23H23N5O2. The van der Waals surface area contributed by atoms with Gasteiger partial charge < -0.3 is 21.2 Å². The molecule has 0 aliphatic carbocycles. The zero-order chi connectivity index (χ0) is 21.3. The van der Waals surface area contributed by atoms with Crippen molar-refractivity contribution in [2.45, 2.75) is 13.0 Å². The van der Waals surface area contributed by atoms with Crippen LogP contribution in [-0.4, -0.2) is 15.9 Å². The number of nitrogens with two attached hydrogens (primary N) is 2. The van der Waals surface area contributed by atoms with Crippen molar-refractivity contribution in [1.29, 1.82) is 0 Å². The lowest BCUT2D eigenvalue weighted by Crippen LogP contribution is -2.13. The number of nitrogen functional groups attached to an aromatic ring is 1. The van der Waals surface area contributed by atoms with Crippen molar-refractivity contribution in [3.63, 3.8) is 0 Å². The van der Waals surface area contributed by atoms with Crippen LogP contribution in [0.5, 0.6) is 0 Å². The number of nitrogens with one attached hydrogen (secondary N) is 1. The molecule has 0 spiro atoms. The van der Waals surface area contributed by atoms with Gasteiger partial charge in [0.15, 0.2) is 0 Å². The first-order valence-corrected chi connectivity index (χ1v) is 9.33. The molecule has 1 atom stereocenters. The number of anilines is 2. The highest BCUT2D eigenvalue weighted by atomic mass is 16.3. The Bertz CT molecular complexity index is 1070. The van der Waals surface area contributed by atoms with Crippen molar-refractivity contribution in [3.8, 4) is 11.1 Å². The molecule has 0 saturated heterocycles. The van der Waals surface area contributed by atoms with E-state index >= 15 is 0 Å². The Balaban J connectivity index is 0.000000310. The average Bonchev–Trinajstić information content (AvgIpc) is 3.30. The lowest BCUT2D eigenvalue weighted by Gasteiger charge is -2.13. The monoisotopic (exact) mass is 401 g/mol. The van der Waals surface area contributed by atoms with Crippen LogP contribution in [0.15, 0.2) is 90.3 Å². The van der Waals surface area contributed by atoms with Crippen molar-refractivity contribution >= 4 is 17.3 Å². The maximum absolute atomic E-state index is 12.4. The largest absolute Gasteiger partial charge is 0.472 e. The van der Waals surface area contributed by atoms with E-state index in [-0.39, 0.29) is 11.9 Å². The number of pyridine rings is 2. The summed E-state index contributed by atoms with van der Waals surface area (Å²) in [5.41, 5.74) is 16.1. The van der Waals surface area contributed by atoms with Gasteiger partial charge in [-0.05, 0) is 60.5 Å². The molecule has 30 heavy (non-hydrogen) atoms. The van der Waals surface area contributed by atoms with Crippen molar-refractivity contribution in [3.05, 3.63) is 97.0 Å². The summed E-state index contributed by atoms with van der Waals surface area (Å²) in [4.78, 5) is 20.1. The second-order valence-corrected chi connectivity index (χ2v) is 6.57. The third-order valence-corrected chi connectivity index (χ3v) is 4.28. The molecule has 0 saturated carbocycles. The molecule has 0 aliphatic heterocycles. The number of benzene rings is 1. The zero-order valence-corrected chi connectivity index (χ0v) is 16.5. The standard InChI is InChI=1S/C18H17N3O2.C5H6N2/c1-12(19)16-3-2-13(10-17(16)14-6-9-23-11-14)18(22)21-15-4-7-20-8-5-15;6-5-1-3-7-4-2-5/h2-12H,19H2,1H3,(H,20,21,22);1-4H,(H2,6,7). The van der Waals surface area contributed by atoms with Gasteiger partial charge in [0.2, 0.25) is 0 Å². The molecule has 0 fully saturated rings. The first kappa shape index (κ1) is 20.8. The summed E-state index contributed by atoms with van der Waals surface area (Å²) in [6.45, 7) is 1.91. The van der Waals surface area contributed by atoms with Crippen molar-refractivity contribution < 1.29 is 9.21 Å². The Morgan fingerprint density at radius 3 is 2.20 bits per heavy atom. The fraction of sp³-hybridized carbons (Fsp3) is 0.0870. The molecule has 0 bridgehead atoms. The summed E-state index contributed by atoms with van der Waals surface area (Å²) in [7, 11) is 0. The van der Waals surface area contributed by atoms with E-state index < -0.39 is 0 Å². The molecule has 0 radical (unpaired) electrons. The van der Waals surface area contributed by atoms with Gasteiger partial charge in [0.05, 0.1) is 12.5 Å². The fourth-order valence-electron chi connectivity index (χ4n) is 2.76. The van der Waals surface area contributed by atoms with Crippen LogP contribution in [0.3, 0.4) is 0 Å². The summed E-state index contributed by atoms with van der Waals surface area (Å²) in [5, 5.41) is 2.85. The Labute approximate surface area is 174 Å². The SMILES string of the molecule is CC(N)c1ccc(C(=O)Nc2ccncc2)cc1-c1ccoc1.Nc1ccncc1. The van der Waals surface area contributed by atoms with Crippen LogP contribution in [0.1, 0.15) is 28.9 Å². The van der Waals surface area contributed by atoms with Gasteiger partial charge in [0.1, 0.15) is 0 Å². The van der Waals surface area contributed by atoms with E-state index in [4.69, 9.17) is 15.9 Å². The number of amides is 1. The first-order valence-electron chi connectivity index (χ1n) is 9.33. The van der Waals surface area contributed by atoms with Crippen LogP contribution in [0.4, 0.5) is 11.4 Å². The minimum absolute atomic E-state index is 0.141. The van der Waals surface area contributed by atoms with Crippen LogP contribution >= 0.6 is 0 Å². The van der Waals surface area contributed by atoms with E-state index in [1.54, 1.807) is 67.6 Å². The second kappa shape index (κ2) is 9.99. The normalized spacial score (nSPS) is 11.1. The number of hydrogen-bond donors (Lipinski definition) is 3. The predicted octanol–water partition coefficient (Wildman–Crippen LogP) is 4.28. The van der Waals surface area contributed by atoms with E-state index in [1.807, 2.05) is 25.1 Å². The molecule has 7 nitrogen and oxygen atoms in total. The van der Waals surface area contributed by atoms with Crippen LogP contribution < -0.4 is 16.8 Å². The van der Waals surface area contributed by atoms with Gasteiger partial charge in [-0.1, -0.05) is 6.07 Å². The molecule has 1 amide bonds. The number of furan rings is 1. The minimum Gasteiger partial charge on any atom is -0.472 e. The highest BCUT2D eigenvalue weighted by Crippen LogP contribution is 2.29.